The zero-order valence-corrected chi connectivity index (χ0v) is 14.0. The first kappa shape index (κ1) is 17.9. The molecular weight excluding hydrogens is 295 g/mol. The van der Waals surface area contributed by atoms with Gasteiger partial charge >= 0.3 is 0 Å². The molecule has 0 heterocycles. The van der Waals surface area contributed by atoms with Gasteiger partial charge in [-0.2, -0.15) is 0 Å². The molecule has 4 nitrogen and oxygen atoms in total. The van der Waals surface area contributed by atoms with Crippen molar-refractivity contribution in [3.05, 3.63) is 35.6 Å². The molecule has 1 atom stereocenters. The highest BCUT2D eigenvalue weighted by molar-refractivity contribution is 5.77. The lowest BCUT2D eigenvalue weighted by Gasteiger charge is -2.32. The molecule has 0 spiro atoms. The number of hydrogen-bond acceptors (Lipinski definition) is 3. The Morgan fingerprint density at radius 3 is 2.43 bits per heavy atom. The van der Waals surface area contributed by atoms with Crippen LogP contribution in [0.1, 0.15) is 50.1 Å². The van der Waals surface area contributed by atoms with Crippen LogP contribution in [-0.4, -0.2) is 42.2 Å². The number of rotatable bonds is 6. The van der Waals surface area contributed by atoms with E-state index >= 15 is 0 Å². The van der Waals surface area contributed by atoms with Crippen LogP contribution in [0.15, 0.2) is 24.3 Å². The Labute approximate surface area is 137 Å². The van der Waals surface area contributed by atoms with Crippen molar-refractivity contribution in [1.82, 2.24) is 10.2 Å². The number of amides is 1. The summed E-state index contributed by atoms with van der Waals surface area (Å²) in [6, 6.07) is 6.30. The molecule has 1 aromatic rings. The van der Waals surface area contributed by atoms with Crippen molar-refractivity contribution >= 4 is 5.91 Å². The monoisotopic (exact) mass is 322 g/mol. The number of carbonyl (C=O) groups excluding carboxylic acids is 1. The first-order valence-electron chi connectivity index (χ1n) is 8.31. The fourth-order valence-corrected chi connectivity index (χ4v) is 3.24. The SMILES string of the molecule is CN(C)C(CNC(=O)CC1(O)CCCCC1)c1ccc(F)cc1. The van der Waals surface area contributed by atoms with Crippen LogP contribution in [0, 0.1) is 5.82 Å². The highest BCUT2D eigenvalue weighted by atomic mass is 19.1. The van der Waals surface area contributed by atoms with E-state index in [-0.39, 0.29) is 24.2 Å². The second-order valence-electron chi connectivity index (χ2n) is 6.80. The minimum Gasteiger partial charge on any atom is -0.389 e. The highest BCUT2D eigenvalue weighted by Gasteiger charge is 2.31. The lowest BCUT2D eigenvalue weighted by molar-refractivity contribution is -0.127. The van der Waals surface area contributed by atoms with Crippen molar-refractivity contribution in [3.8, 4) is 0 Å². The van der Waals surface area contributed by atoms with Gasteiger partial charge in [0.05, 0.1) is 18.1 Å². The molecule has 2 N–H and O–H groups in total. The summed E-state index contributed by atoms with van der Waals surface area (Å²) in [6.45, 7) is 0.438. The molecule has 1 saturated carbocycles. The van der Waals surface area contributed by atoms with Crippen LogP contribution in [0.4, 0.5) is 4.39 Å². The summed E-state index contributed by atoms with van der Waals surface area (Å²) in [7, 11) is 3.85. The highest BCUT2D eigenvalue weighted by Crippen LogP contribution is 2.30. The molecule has 0 bridgehead atoms. The van der Waals surface area contributed by atoms with Crippen LogP contribution in [-0.2, 0) is 4.79 Å². The zero-order chi connectivity index (χ0) is 16.9. The summed E-state index contributed by atoms with van der Waals surface area (Å²) in [4.78, 5) is 14.2. The molecule has 1 aliphatic carbocycles. The number of nitrogens with zero attached hydrogens (tertiary/aromatic N) is 1. The van der Waals surface area contributed by atoms with Gasteiger partial charge in [0.1, 0.15) is 5.82 Å². The van der Waals surface area contributed by atoms with E-state index in [1.807, 2.05) is 19.0 Å². The molecule has 1 fully saturated rings. The number of carbonyl (C=O) groups is 1. The second kappa shape index (κ2) is 7.88. The van der Waals surface area contributed by atoms with Gasteiger partial charge in [0.2, 0.25) is 5.91 Å². The van der Waals surface area contributed by atoms with Gasteiger partial charge in [-0.05, 0) is 44.6 Å². The van der Waals surface area contributed by atoms with E-state index < -0.39 is 5.60 Å². The zero-order valence-electron chi connectivity index (χ0n) is 14.0. The van der Waals surface area contributed by atoms with E-state index in [9.17, 15) is 14.3 Å². The van der Waals surface area contributed by atoms with Gasteiger partial charge in [0.15, 0.2) is 0 Å². The van der Waals surface area contributed by atoms with Crippen LogP contribution in [0.25, 0.3) is 0 Å². The average Bonchev–Trinajstić information content (AvgIpc) is 2.49. The van der Waals surface area contributed by atoms with Crippen LogP contribution in [0.3, 0.4) is 0 Å². The fraction of sp³-hybridized carbons (Fsp3) is 0.611. The lowest BCUT2D eigenvalue weighted by atomic mass is 9.82. The molecule has 2 rings (SSSR count). The summed E-state index contributed by atoms with van der Waals surface area (Å²) in [6.07, 6.45) is 4.68. The maximum absolute atomic E-state index is 13.1. The van der Waals surface area contributed by atoms with E-state index in [0.29, 0.717) is 19.4 Å². The van der Waals surface area contributed by atoms with E-state index in [4.69, 9.17) is 0 Å². The topological polar surface area (TPSA) is 52.6 Å². The van der Waals surface area contributed by atoms with Crippen LogP contribution < -0.4 is 5.32 Å². The van der Waals surface area contributed by atoms with E-state index in [2.05, 4.69) is 5.32 Å². The smallest absolute Gasteiger partial charge is 0.222 e. The molecular formula is C18H27FN2O2. The Bertz CT molecular complexity index is 510. The Kier molecular flexibility index (Phi) is 6.13. The molecule has 0 radical (unpaired) electrons. The summed E-state index contributed by atoms with van der Waals surface area (Å²) in [5, 5.41) is 13.4. The third kappa shape index (κ3) is 5.29. The van der Waals surface area contributed by atoms with E-state index in [1.54, 1.807) is 12.1 Å². The molecule has 1 aromatic carbocycles. The standard InChI is InChI=1S/C18H27FN2O2/c1-21(2)16(14-6-8-15(19)9-7-14)13-20-17(22)12-18(23)10-4-3-5-11-18/h6-9,16,23H,3-5,10-13H2,1-2H3,(H,20,22). The van der Waals surface area contributed by atoms with Crippen molar-refractivity contribution in [3.63, 3.8) is 0 Å². The third-order valence-electron chi connectivity index (χ3n) is 4.64. The number of halogens is 1. The van der Waals surface area contributed by atoms with Gasteiger partial charge in [-0.3, -0.25) is 4.79 Å². The lowest BCUT2D eigenvalue weighted by Crippen LogP contribution is -2.41. The normalized spacial score (nSPS) is 18.7. The molecule has 1 amide bonds. The summed E-state index contributed by atoms with van der Waals surface area (Å²) < 4.78 is 13.1. The number of nitrogens with one attached hydrogen (secondary N) is 1. The van der Waals surface area contributed by atoms with Gasteiger partial charge < -0.3 is 15.3 Å². The summed E-state index contributed by atoms with van der Waals surface area (Å²) in [5.41, 5.74) is 0.110. The first-order chi connectivity index (χ1) is 10.9. The van der Waals surface area contributed by atoms with Gasteiger partial charge in [-0.25, -0.2) is 4.39 Å². The van der Waals surface area contributed by atoms with E-state index in [0.717, 1.165) is 24.8 Å². The second-order valence-corrected chi connectivity index (χ2v) is 6.80. The van der Waals surface area contributed by atoms with Gasteiger partial charge in [-0.1, -0.05) is 31.4 Å². The molecule has 0 aromatic heterocycles. The molecule has 23 heavy (non-hydrogen) atoms. The largest absolute Gasteiger partial charge is 0.389 e. The Morgan fingerprint density at radius 2 is 1.87 bits per heavy atom. The molecule has 5 heteroatoms. The third-order valence-corrected chi connectivity index (χ3v) is 4.64. The molecule has 0 aliphatic heterocycles. The molecule has 0 saturated heterocycles. The Balaban J connectivity index is 1.90. The van der Waals surface area contributed by atoms with Crippen molar-refractivity contribution in [2.45, 2.75) is 50.2 Å². The summed E-state index contributed by atoms with van der Waals surface area (Å²) >= 11 is 0. The molecule has 128 valence electrons. The number of hydrogen-bond donors (Lipinski definition) is 2. The molecule has 1 aliphatic rings. The number of aliphatic hydroxyl groups is 1. The molecule has 1 unspecified atom stereocenters. The number of likely N-dealkylation sites (N-methyl/N-ethyl adjacent to an activating group) is 1. The van der Waals surface area contributed by atoms with Crippen LogP contribution >= 0.6 is 0 Å². The maximum atomic E-state index is 13.1. The predicted molar refractivity (Wildman–Crippen MR) is 88.5 cm³/mol. The van der Waals surface area contributed by atoms with Crippen molar-refractivity contribution in [2.75, 3.05) is 20.6 Å². The minimum atomic E-state index is -0.841. The summed E-state index contributed by atoms with van der Waals surface area (Å²) in [5.74, 6) is -0.391. The van der Waals surface area contributed by atoms with Gasteiger partial charge in [0.25, 0.3) is 0 Å². The minimum absolute atomic E-state index is 0.0273. The van der Waals surface area contributed by atoms with Gasteiger partial charge in [-0.15, -0.1) is 0 Å². The van der Waals surface area contributed by atoms with E-state index in [1.165, 1.54) is 12.1 Å². The van der Waals surface area contributed by atoms with Crippen LogP contribution in [0.5, 0.6) is 0 Å². The van der Waals surface area contributed by atoms with Crippen molar-refractivity contribution < 1.29 is 14.3 Å². The van der Waals surface area contributed by atoms with Crippen LogP contribution in [0.2, 0.25) is 0 Å². The van der Waals surface area contributed by atoms with Crippen molar-refractivity contribution in [2.24, 2.45) is 0 Å². The Morgan fingerprint density at radius 1 is 1.26 bits per heavy atom. The van der Waals surface area contributed by atoms with Crippen molar-refractivity contribution in [1.29, 1.82) is 0 Å². The predicted octanol–water partition coefficient (Wildman–Crippen LogP) is 2.63. The van der Waals surface area contributed by atoms with Gasteiger partial charge in [0, 0.05) is 6.54 Å². The quantitative estimate of drug-likeness (QED) is 0.846. The maximum Gasteiger partial charge on any atom is 0.222 e. The average molecular weight is 322 g/mol. The number of benzene rings is 1. The first-order valence-corrected chi connectivity index (χ1v) is 8.31. The fourth-order valence-electron chi connectivity index (χ4n) is 3.24. The Hall–Kier alpha value is -1.46.